The number of aromatic nitrogens is 2. The third kappa shape index (κ3) is 3.82. The summed E-state index contributed by atoms with van der Waals surface area (Å²) in [6.45, 7) is 3.95. The van der Waals surface area contributed by atoms with Crippen molar-refractivity contribution < 1.29 is 9.90 Å². The van der Waals surface area contributed by atoms with Gasteiger partial charge in [-0.2, -0.15) is 0 Å². The highest BCUT2D eigenvalue weighted by molar-refractivity contribution is 5.76. The van der Waals surface area contributed by atoms with E-state index in [1.807, 2.05) is 15.7 Å². The van der Waals surface area contributed by atoms with Crippen LogP contribution in [0.2, 0.25) is 0 Å². The summed E-state index contributed by atoms with van der Waals surface area (Å²) < 4.78 is 2.04. The minimum absolute atomic E-state index is 0.213. The molecule has 1 N–H and O–H groups in total. The van der Waals surface area contributed by atoms with Crippen LogP contribution in [-0.4, -0.2) is 45.2 Å². The summed E-state index contributed by atoms with van der Waals surface area (Å²) in [5, 5.41) is 9.14. The van der Waals surface area contributed by atoms with E-state index in [-0.39, 0.29) is 18.6 Å². The van der Waals surface area contributed by atoms with Crippen LogP contribution in [0.15, 0.2) is 18.7 Å². The molecule has 1 unspecified atom stereocenters. The molecule has 2 rings (SSSR count). The van der Waals surface area contributed by atoms with Crippen LogP contribution in [0, 0.1) is 5.92 Å². The molecule has 2 heterocycles. The van der Waals surface area contributed by atoms with Gasteiger partial charge in [0.05, 0.1) is 6.33 Å². The van der Waals surface area contributed by atoms with Gasteiger partial charge in [0.15, 0.2) is 0 Å². The fraction of sp³-hybridized carbons (Fsp3) is 0.733. The molecule has 1 aromatic rings. The first-order chi connectivity index (χ1) is 9.74. The number of hydrogen-bond acceptors (Lipinski definition) is 3. The lowest BCUT2D eigenvalue weighted by molar-refractivity contribution is -0.133. The van der Waals surface area contributed by atoms with Gasteiger partial charge in [0.25, 0.3) is 0 Å². The second kappa shape index (κ2) is 7.43. The van der Waals surface area contributed by atoms with Gasteiger partial charge in [-0.25, -0.2) is 4.98 Å². The second-order valence-corrected chi connectivity index (χ2v) is 5.66. The van der Waals surface area contributed by atoms with E-state index in [9.17, 15) is 4.79 Å². The van der Waals surface area contributed by atoms with Crippen molar-refractivity contribution in [1.82, 2.24) is 14.5 Å². The molecule has 1 aromatic heterocycles. The minimum atomic E-state index is 0.213. The Labute approximate surface area is 120 Å². The predicted octanol–water partition coefficient (Wildman–Crippen LogP) is 1.85. The first kappa shape index (κ1) is 15.0. The molecule has 0 aliphatic carbocycles. The summed E-state index contributed by atoms with van der Waals surface area (Å²) in [5.74, 6) is 0.604. The van der Waals surface area contributed by atoms with E-state index in [0.29, 0.717) is 12.3 Å². The Balaban J connectivity index is 1.89. The number of carbonyl (C=O) groups excluding carboxylic acids is 1. The number of hydrogen-bond donors (Lipinski definition) is 1. The Morgan fingerprint density at radius 1 is 1.45 bits per heavy atom. The Hall–Kier alpha value is -1.36. The van der Waals surface area contributed by atoms with E-state index in [1.165, 1.54) is 0 Å². The van der Waals surface area contributed by atoms with E-state index in [2.05, 4.69) is 11.9 Å². The van der Waals surface area contributed by atoms with Crippen molar-refractivity contribution >= 4 is 5.91 Å². The average Bonchev–Trinajstić information content (AvgIpc) is 3.01. The number of piperidine rings is 1. The van der Waals surface area contributed by atoms with Gasteiger partial charge in [0, 0.05) is 44.6 Å². The molecular weight excluding hydrogens is 254 g/mol. The van der Waals surface area contributed by atoms with Crippen LogP contribution >= 0.6 is 0 Å². The predicted molar refractivity (Wildman–Crippen MR) is 77.2 cm³/mol. The van der Waals surface area contributed by atoms with Gasteiger partial charge in [-0.05, 0) is 25.2 Å². The van der Waals surface area contributed by atoms with Crippen LogP contribution in [0.3, 0.4) is 0 Å². The zero-order valence-corrected chi connectivity index (χ0v) is 12.2. The molecule has 0 spiro atoms. The third-order valence-corrected chi connectivity index (χ3v) is 4.20. The molecule has 1 fully saturated rings. The van der Waals surface area contributed by atoms with Crippen molar-refractivity contribution in [3.8, 4) is 0 Å². The molecule has 1 aliphatic rings. The summed E-state index contributed by atoms with van der Waals surface area (Å²) in [5.41, 5.74) is 0. The van der Waals surface area contributed by atoms with E-state index >= 15 is 0 Å². The molecule has 1 amide bonds. The fourth-order valence-corrected chi connectivity index (χ4v) is 2.87. The maximum Gasteiger partial charge on any atom is 0.224 e. The Kier molecular flexibility index (Phi) is 5.59. The largest absolute Gasteiger partial charge is 0.396 e. The molecule has 0 radical (unpaired) electrons. The monoisotopic (exact) mass is 279 g/mol. The summed E-state index contributed by atoms with van der Waals surface area (Å²) in [6, 6.07) is 0.213. The zero-order valence-electron chi connectivity index (χ0n) is 12.2. The van der Waals surface area contributed by atoms with E-state index < -0.39 is 0 Å². The second-order valence-electron chi connectivity index (χ2n) is 5.66. The quantitative estimate of drug-likeness (QED) is 0.864. The summed E-state index contributed by atoms with van der Waals surface area (Å²) in [6.07, 6.45) is 9.94. The van der Waals surface area contributed by atoms with Gasteiger partial charge in [-0.3, -0.25) is 4.79 Å². The van der Waals surface area contributed by atoms with Crippen molar-refractivity contribution in [3.63, 3.8) is 0 Å². The molecule has 0 bridgehead atoms. The molecule has 5 heteroatoms. The highest BCUT2D eigenvalue weighted by atomic mass is 16.3. The van der Waals surface area contributed by atoms with Gasteiger partial charge in [-0.1, -0.05) is 13.3 Å². The lowest BCUT2D eigenvalue weighted by atomic mass is 9.97. The molecule has 112 valence electrons. The van der Waals surface area contributed by atoms with Crippen LogP contribution < -0.4 is 0 Å². The number of likely N-dealkylation sites (tertiary alicyclic amines) is 1. The molecule has 5 nitrogen and oxygen atoms in total. The third-order valence-electron chi connectivity index (χ3n) is 4.20. The highest BCUT2D eigenvalue weighted by Crippen LogP contribution is 2.22. The normalized spacial score (nSPS) is 18.2. The van der Waals surface area contributed by atoms with Crippen LogP contribution in [0.25, 0.3) is 0 Å². The molecule has 1 saturated heterocycles. The molecule has 1 aliphatic heterocycles. The minimum Gasteiger partial charge on any atom is -0.396 e. The number of carbonyl (C=O) groups is 1. The van der Waals surface area contributed by atoms with E-state index in [4.69, 9.17) is 5.11 Å². The van der Waals surface area contributed by atoms with Crippen molar-refractivity contribution in [1.29, 1.82) is 0 Å². The standard InChI is InChI=1S/C15H25N3O2/c1-2-3-14(18-9-6-16-12-18)10-15(20)17-7-4-13(11-19)5-8-17/h6,9,12-14,19H,2-5,7-8,10-11H2,1H3. The van der Waals surface area contributed by atoms with Gasteiger partial charge in [-0.15, -0.1) is 0 Å². The zero-order chi connectivity index (χ0) is 14.4. The number of imidazole rings is 1. The summed E-state index contributed by atoms with van der Waals surface area (Å²) in [4.78, 5) is 18.4. The first-order valence-corrected chi connectivity index (χ1v) is 7.60. The number of rotatable bonds is 6. The molecule has 0 saturated carbocycles. The molecule has 1 atom stereocenters. The van der Waals surface area contributed by atoms with Gasteiger partial charge in [0.1, 0.15) is 0 Å². The van der Waals surface area contributed by atoms with Gasteiger partial charge in [0.2, 0.25) is 5.91 Å². The summed E-state index contributed by atoms with van der Waals surface area (Å²) in [7, 11) is 0. The highest BCUT2D eigenvalue weighted by Gasteiger charge is 2.24. The van der Waals surface area contributed by atoms with Crippen LogP contribution in [0.4, 0.5) is 0 Å². The molecular formula is C15H25N3O2. The van der Waals surface area contributed by atoms with Crippen LogP contribution in [-0.2, 0) is 4.79 Å². The smallest absolute Gasteiger partial charge is 0.224 e. The maximum atomic E-state index is 12.4. The molecule has 20 heavy (non-hydrogen) atoms. The SMILES string of the molecule is CCCC(CC(=O)N1CCC(CO)CC1)n1ccnc1. The lowest BCUT2D eigenvalue weighted by Gasteiger charge is -2.32. The van der Waals surface area contributed by atoms with Gasteiger partial charge < -0.3 is 14.6 Å². The van der Waals surface area contributed by atoms with Crippen molar-refractivity contribution in [2.45, 2.75) is 45.1 Å². The van der Waals surface area contributed by atoms with Crippen LogP contribution in [0.5, 0.6) is 0 Å². The number of nitrogens with zero attached hydrogens (tertiary/aromatic N) is 3. The molecule has 0 aromatic carbocycles. The number of aliphatic hydroxyl groups excluding tert-OH is 1. The summed E-state index contributed by atoms with van der Waals surface area (Å²) >= 11 is 0. The number of aliphatic hydroxyl groups is 1. The first-order valence-electron chi connectivity index (χ1n) is 7.60. The van der Waals surface area contributed by atoms with Crippen molar-refractivity contribution in [2.75, 3.05) is 19.7 Å². The van der Waals surface area contributed by atoms with Crippen molar-refractivity contribution in [2.24, 2.45) is 5.92 Å². The number of amides is 1. The fourth-order valence-electron chi connectivity index (χ4n) is 2.87. The lowest BCUT2D eigenvalue weighted by Crippen LogP contribution is -2.40. The van der Waals surface area contributed by atoms with Crippen molar-refractivity contribution in [3.05, 3.63) is 18.7 Å². The van der Waals surface area contributed by atoms with E-state index in [1.54, 1.807) is 12.5 Å². The Morgan fingerprint density at radius 3 is 2.75 bits per heavy atom. The topological polar surface area (TPSA) is 58.4 Å². The maximum absolute atomic E-state index is 12.4. The average molecular weight is 279 g/mol. The Bertz CT molecular complexity index is 397. The van der Waals surface area contributed by atoms with E-state index in [0.717, 1.165) is 38.8 Å². The van der Waals surface area contributed by atoms with Gasteiger partial charge >= 0.3 is 0 Å². The Morgan fingerprint density at radius 2 is 2.20 bits per heavy atom. The van der Waals surface area contributed by atoms with Crippen LogP contribution in [0.1, 0.15) is 45.1 Å².